The average molecular weight is 287 g/mol. The van der Waals surface area contributed by atoms with Gasteiger partial charge in [0.2, 0.25) is 0 Å². The second kappa shape index (κ2) is 7.77. The highest BCUT2D eigenvalue weighted by Gasteiger charge is 2.17. The molecule has 1 aliphatic carbocycles. The summed E-state index contributed by atoms with van der Waals surface area (Å²) in [6.45, 7) is 7.18. The van der Waals surface area contributed by atoms with Gasteiger partial charge in [-0.2, -0.15) is 0 Å². The fraction of sp³-hybridized carbons (Fsp3) is 0.579. The van der Waals surface area contributed by atoms with Gasteiger partial charge in [0.15, 0.2) is 0 Å². The summed E-state index contributed by atoms with van der Waals surface area (Å²) in [6, 6.07) is 6.34. The number of aryl methyl sites for hydroxylation is 2. The van der Waals surface area contributed by atoms with E-state index in [0.29, 0.717) is 0 Å². The topological polar surface area (TPSA) is 32.3 Å². The fourth-order valence-electron chi connectivity index (χ4n) is 3.13. The van der Waals surface area contributed by atoms with Gasteiger partial charge < -0.3 is 10.4 Å². The van der Waals surface area contributed by atoms with Crippen LogP contribution in [0, 0.1) is 13.8 Å². The first kappa shape index (κ1) is 16.3. The molecule has 0 amide bonds. The van der Waals surface area contributed by atoms with Crippen molar-refractivity contribution in [2.24, 2.45) is 0 Å². The van der Waals surface area contributed by atoms with Gasteiger partial charge in [0.25, 0.3) is 0 Å². The summed E-state index contributed by atoms with van der Waals surface area (Å²) in [5.41, 5.74) is 5.04. The molecule has 0 saturated carbocycles. The van der Waals surface area contributed by atoms with Crippen molar-refractivity contribution in [2.45, 2.75) is 65.0 Å². The molecule has 2 heteroatoms. The number of hydrogen-bond acceptors (Lipinski definition) is 2. The quantitative estimate of drug-likeness (QED) is 0.768. The number of benzene rings is 1. The molecule has 0 fully saturated rings. The van der Waals surface area contributed by atoms with Crippen molar-refractivity contribution in [3.8, 4) is 0 Å². The Bertz CT molecular complexity index is 492. The first-order valence-electron chi connectivity index (χ1n) is 8.24. The molecular weight excluding hydrogens is 258 g/mol. The molecule has 2 rings (SSSR count). The van der Waals surface area contributed by atoms with Crippen LogP contribution in [0.25, 0.3) is 0 Å². The number of allylic oxidation sites excluding steroid dienone is 1. The molecule has 0 heterocycles. The third-order valence-electron chi connectivity index (χ3n) is 4.52. The van der Waals surface area contributed by atoms with E-state index in [9.17, 15) is 5.11 Å². The Balaban J connectivity index is 1.84. The fourth-order valence-corrected chi connectivity index (χ4v) is 3.13. The van der Waals surface area contributed by atoms with E-state index in [4.69, 9.17) is 0 Å². The lowest BCUT2D eigenvalue weighted by atomic mass is 9.96. The SMILES string of the molecule is Cc1ccc(C(O)C(C)NCCC2=CCCCC2)c(C)c1. The zero-order valence-corrected chi connectivity index (χ0v) is 13.7. The van der Waals surface area contributed by atoms with Gasteiger partial charge in [-0.05, 0) is 70.5 Å². The lowest BCUT2D eigenvalue weighted by molar-refractivity contribution is 0.135. The lowest BCUT2D eigenvalue weighted by Gasteiger charge is -2.23. The van der Waals surface area contributed by atoms with Crippen LogP contribution in [-0.4, -0.2) is 17.7 Å². The minimum atomic E-state index is -0.439. The number of aliphatic hydroxyl groups excluding tert-OH is 1. The van der Waals surface area contributed by atoms with Gasteiger partial charge in [0, 0.05) is 6.04 Å². The van der Waals surface area contributed by atoms with E-state index in [1.807, 2.05) is 0 Å². The third kappa shape index (κ3) is 4.69. The van der Waals surface area contributed by atoms with Crippen LogP contribution >= 0.6 is 0 Å². The van der Waals surface area contributed by atoms with Crippen LogP contribution in [-0.2, 0) is 0 Å². The highest BCUT2D eigenvalue weighted by Crippen LogP contribution is 2.23. The molecule has 0 aromatic heterocycles. The molecule has 0 spiro atoms. The average Bonchev–Trinajstić information content (AvgIpc) is 2.47. The van der Waals surface area contributed by atoms with E-state index >= 15 is 0 Å². The Hall–Kier alpha value is -1.12. The van der Waals surface area contributed by atoms with Gasteiger partial charge in [0.1, 0.15) is 0 Å². The third-order valence-corrected chi connectivity index (χ3v) is 4.52. The highest BCUT2D eigenvalue weighted by atomic mass is 16.3. The van der Waals surface area contributed by atoms with Crippen molar-refractivity contribution in [3.05, 3.63) is 46.5 Å². The molecule has 1 aliphatic rings. The van der Waals surface area contributed by atoms with Crippen molar-refractivity contribution in [3.63, 3.8) is 0 Å². The summed E-state index contributed by atoms with van der Waals surface area (Å²) < 4.78 is 0. The van der Waals surface area contributed by atoms with Crippen molar-refractivity contribution in [1.29, 1.82) is 0 Å². The number of nitrogens with one attached hydrogen (secondary N) is 1. The summed E-state index contributed by atoms with van der Waals surface area (Å²) in [6.07, 6.45) is 8.27. The maximum atomic E-state index is 10.5. The predicted molar refractivity (Wildman–Crippen MR) is 89.5 cm³/mol. The Morgan fingerprint density at radius 1 is 1.24 bits per heavy atom. The Morgan fingerprint density at radius 3 is 2.71 bits per heavy atom. The Kier molecular flexibility index (Phi) is 6.01. The summed E-state index contributed by atoms with van der Waals surface area (Å²) in [4.78, 5) is 0. The molecular formula is C19H29NO. The molecule has 116 valence electrons. The van der Waals surface area contributed by atoms with E-state index in [1.54, 1.807) is 5.57 Å². The molecule has 2 atom stereocenters. The summed E-state index contributed by atoms with van der Waals surface area (Å²) in [7, 11) is 0. The van der Waals surface area contributed by atoms with Gasteiger partial charge in [-0.1, -0.05) is 35.4 Å². The van der Waals surface area contributed by atoms with E-state index in [2.05, 4.69) is 50.4 Å². The Morgan fingerprint density at radius 2 is 2.05 bits per heavy atom. The Labute approximate surface area is 129 Å². The van der Waals surface area contributed by atoms with Crippen molar-refractivity contribution >= 4 is 0 Å². The second-order valence-electron chi connectivity index (χ2n) is 6.41. The molecule has 21 heavy (non-hydrogen) atoms. The van der Waals surface area contributed by atoms with Crippen LogP contribution in [0.4, 0.5) is 0 Å². The highest BCUT2D eigenvalue weighted by molar-refractivity contribution is 5.32. The minimum absolute atomic E-state index is 0.0793. The zero-order chi connectivity index (χ0) is 15.2. The van der Waals surface area contributed by atoms with E-state index in [-0.39, 0.29) is 6.04 Å². The van der Waals surface area contributed by atoms with Crippen LogP contribution in [0.2, 0.25) is 0 Å². The summed E-state index contributed by atoms with van der Waals surface area (Å²) >= 11 is 0. The maximum absolute atomic E-state index is 10.5. The molecule has 2 unspecified atom stereocenters. The largest absolute Gasteiger partial charge is 0.387 e. The smallest absolute Gasteiger partial charge is 0.0942 e. The normalized spacial score (nSPS) is 18.2. The van der Waals surface area contributed by atoms with Gasteiger partial charge in [-0.3, -0.25) is 0 Å². The van der Waals surface area contributed by atoms with Crippen LogP contribution in [0.5, 0.6) is 0 Å². The first-order chi connectivity index (χ1) is 10.1. The lowest BCUT2D eigenvalue weighted by Crippen LogP contribution is -2.33. The number of hydrogen-bond donors (Lipinski definition) is 2. The number of aliphatic hydroxyl groups is 1. The standard InChI is InChI=1S/C19H29NO/c1-14-9-10-18(15(2)13-14)19(21)16(3)20-12-11-17-7-5-4-6-8-17/h7,9-10,13,16,19-21H,4-6,8,11-12H2,1-3H3. The number of rotatable bonds is 6. The van der Waals surface area contributed by atoms with Gasteiger partial charge in [-0.15, -0.1) is 0 Å². The zero-order valence-electron chi connectivity index (χ0n) is 13.7. The molecule has 1 aromatic rings. The van der Waals surface area contributed by atoms with Crippen molar-refractivity contribution < 1.29 is 5.11 Å². The molecule has 0 aliphatic heterocycles. The van der Waals surface area contributed by atoms with E-state index in [1.165, 1.54) is 36.8 Å². The minimum Gasteiger partial charge on any atom is -0.387 e. The second-order valence-corrected chi connectivity index (χ2v) is 6.41. The molecule has 0 bridgehead atoms. The molecule has 0 radical (unpaired) electrons. The molecule has 0 saturated heterocycles. The van der Waals surface area contributed by atoms with Crippen molar-refractivity contribution in [2.75, 3.05) is 6.54 Å². The molecule has 1 aromatic carbocycles. The van der Waals surface area contributed by atoms with Crippen molar-refractivity contribution in [1.82, 2.24) is 5.32 Å². The van der Waals surface area contributed by atoms with E-state index < -0.39 is 6.10 Å². The summed E-state index contributed by atoms with van der Waals surface area (Å²) in [5.74, 6) is 0. The van der Waals surface area contributed by atoms with Gasteiger partial charge in [-0.25, -0.2) is 0 Å². The van der Waals surface area contributed by atoms with Crippen LogP contribution < -0.4 is 5.32 Å². The van der Waals surface area contributed by atoms with Crippen LogP contribution in [0.15, 0.2) is 29.8 Å². The molecule has 2 nitrogen and oxygen atoms in total. The van der Waals surface area contributed by atoms with Gasteiger partial charge >= 0.3 is 0 Å². The maximum Gasteiger partial charge on any atom is 0.0942 e. The molecule has 2 N–H and O–H groups in total. The first-order valence-corrected chi connectivity index (χ1v) is 8.24. The van der Waals surface area contributed by atoms with Gasteiger partial charge in [0.05, 0.1) is 6.10 Å². The van der Waals surface area contributed by atoms with Crippen LogP contribution in [0.3, 0.4) is 0 Å². The predicted octanol–water partition coefficient (Wildman–Crippen LogP) is 4.21. The van der Waals surface area contributed by atoms with E-state index in [0.717, 1.165) is 18.5 Å². The van der Waals surface area contributed by atoms with Crippen LogP contribution in [0.1, 0.15) is 61.8 Å². The monoisotopic (exact) mass is 287 g/mol. The summed E-state index contributed by atoms with van der Waals surface area (Å²) in [5, 5.41) is 14.0.